The van der Waals surface area contributed by atoms with Crippen LogP contribution in [0.5, 0.6) is 0 Å². The highest BCUT2D eigenvalue weighted by Crippen LogP contribution is 2.55. The van der Waals surface area contributed by atoms with Gasteiger partial charge in [0.05, 0.1) is 23.2 Å². The minimum absolute atomic E-state index is 0.0907. The average molecular weight is 533 g/mol. The Balaban J connectivity index is 1.91. The SMILES string of the molecule is CSC1=C2C3=C(C)C(=O)C(O)=C2[C@@H]2O[C@H](CC[C@H](C)/C=C(\C)C[C@@H](C)C[C@H](C)[C@]1(O)O3)[C@H](C)[C@H](O)[C@H]2C. The van der Waals surface area contributed by atoms with Crippen molar-refractivity contribution in [2.75, 3.05) is 6.26 Å². The van der Waals surface area contributed by atoms with Crippen LogP contribution in [-0.4, -0.2) is 51.5 Å². The molecule has 37 heavy (non-hydrogen) atoms. The summed E-state index contributed by atoms with van der Waals surface area (Å²) < 4.78 is 13.0. The van der Waals surface area contributed by atoms with E-state index in [-0.39, 0.29) is 35.2 Å². The van der Waals surface area contributed by atoms with Crippen LogP contribution in [0.3, 0.4) is 0 Å². The van der Waals surface area contributed by atoms with Crippen molar-refractivity contribution in [3.05, 3.63) is 44.8 Å². The zero-order valence-corrected chi connectivity index (χ0v) is 24.3. The lowest BCUT2D eigenvalue weighted by Gasteiger charge is -2.44. The van der Waals surface area contributed by atoms with Crippen LogP contribution in [0.15, 0.2) is 44.8 Å². The number of fused-ring (bicyclic) bond motifs is 4. The number of carbonyl (C=O) groups is 1. The summed E-state index contributed by atoms with van der Waals surface area (Å²) in [4.78, 5) is 13.8. The van der Waals surface area contributed by atoms with E-state index >= 15 is 0 Å². The molecule has 4 rings (SSSR count). The number of ether oxygens (including phenoxy) is 2. The lowest BCUT2D eigenvalue weighted by Crippen LogP contribution is -2.50. The fraction of sp³-hybridized carbons (Fsp3) is 0.700. The number of thioether (sulfide) groups is 1. The number of aliphatic hydroxyl groups is 3. The summed E-state index contributed by atoms with van der Waals surface area (Å²) in [6, 6.07) is 0. The Morgan fingerprint density at radius 3 is 2.41 bits per heavy atom. The van der Waals surface area contributed by atoms with Crippen molar-refractivity contribution in [3.63, 3.8) is 0 Å². The van der Waals surface area contributed by atoms with Gasteiger partial charge < -0.3 is 24.8 Å². The zero-order chi connectivity index (χ0) is 27.4. The second-order valence-corrected chi connectivity index (χ2v) is 12.9. The van der Waals surface area contributed by atoms with Crippen molar-refractivity contribution < 1.29 is 29.6 Å². The second-order valence-electron chi connectivity index (χ2n) is 12.1. The quantitative estimate of drug-likeness (QED) is 0.366. The Bertz CT molecular complexity index is 1070. The number of allylic oxidation sites excluding steroid dienone is 4. The lowest BCUT2D eigenvalue weighted by atomic mass is 9.75. The van der Waals surface area contributed by atoms with E-state index in [9.17, 15) is 20.1 Å². The van der Waals surface area contributed by atoms with Gasteiger partial charge in [-0.2, -0.15) is 0 Å². The van der Waals surface area contributed by atoms with Gasteiger partial charge in [-0.1, -0.05) is 46.3 Å². The summed E-state index contributed by atoms with van der Waals surface area (Å²) >= 11 is 1.38. The smallest absolute Gasteiger partial charge is 0.244 e. The predicted octanol–water partition coefficient (Wildman–Crippen LogP) is 5.82. The van der Waals surface area contributed by atoms with Gasteiger partial charge in [-0.05, 0) is 57.6 Å². The Morgan fingerprint density at radius 2 is 1.76 bits per heavy atom. The maximum absolute atomic E-state index is 13.2. The van der Waals surface area contributed by atoms with E-state index in [1.54, 1.807) is 6.92 Å². The lowest BCUT2D eigenvalue weighted by molar-refractivity contribution is -0.167. The normalized spacial score (nSPS) is 43.1. The maximum atomic E-state index is 13.2. The van der Waals surface area contributed by atoms with Crippen LogP contribution in [-0.2, 0) is 14.3 Å². The summed E-state index contributed by atoms with van der Waals surface area (Å²) in [5.74, 6) is -2.23. The minimum Gasteiger partial charge on any atom is -0.504 e. The molecule has 9 atom stereocenters. The summed E-state index contributed by atoms with van der Waals surface area (Å²) in [6.45, 7) is 14.1. The highest BCUT2D eigenvalue weighted by molar-refractivity contribution is 8.02. The molecule has 6 nitrogen and oxygen atoms in total. The number of aliphatic hydroxyl groups excluding tert-OH is 2. The molecule has 0 unspecified atom stereocenters. The number of Topliss-reactive ketones (excluding diaryl/α,β-unsaturated/α-hetero) is 1. The van der Waals surface area contributed by atoms with Crippen molar-refractivity contribution >= 4 is 17.5 Å². The van der Waals surface area contributed by atoms with Gasteiger partial charge in [0.2, 0.25) is 11.6 Å². The van der Waals surface area contributed by atoms with Crippen LogP contribution in [0.25, 0.3) is 0 Å². The van der Waals surface area contributed by atoms with Gasteiger partial charge in [0.25, 0.3) is 0 Å². The molecule has 7 heteroatoms. The van der Waals surface area contributed by atoms with Gasteiger partial charge in [-0.25, -0.2) is 0 Å². The van der Waals surface area contributed by atoms with Crippen molar-refractivity contribution in [1.29, 1.82) is 0 Å². The Hall–Kier alpha value is -1.54. The molecule has 3 aliphatic heterocycles. The number of hydrogen-bond acceptors (Lipinski definition) is 7. The Kier molecular flexibility index (Phi) is 8.12. The molecule has 1 fully saturated rings. The molecule has 206 valence electrons. The van der Waals surface area contributed by atoms with E-state index in [2.05, 4.69) is 26.8 Å². The first-order valence-corrected chi connectivity index (χ1v) is 14.9. The first-order valence-electron chi connectivity index (χ1n) is 13.7. The van der Waals surface area contributed by atoms with E-state index in [0.717, 1.165) is 25.7 Å². The molecular formula is C30H44O6S. The van der Waals surface area contributed by atoms with Gasteiger partial charge >= 0.3 is 0 Å². The monoisotopic (exact) mass is 532 g/mol. The number of hydrogen-bond donors (Lipinski definition) is 3. The van der Waals surface area contributed by atoms with Gasteiger partial charge in [0, 0.05) is 34.5 Å². The molecule has 4 aliphatic rings. The number of carbonyl (C=O) groups excluding carboxylic acids is 1. The fourth-order valence-corrected chi connectivity index (χ4v) is 7.79. The third-order valence-corrected chi connectivity index (χ3v) is 9.88. The average Bonchev–Trinajstić information content (AvgIpc) is 3.14. The molecule has 3 N–H and O–H groups in total. The molecule has 0 saturated carbocycles. The first-order chi connectivity index (χ1) is 17.3. The summed E-state index contributed by atoms with van der Waals surface area (Å²) in [6.07, 6.45) is 5.94. The molecule has 0 amide bonds. The standard InChI is InChI=1S/C30H44O6S/c1-14-9-10-21-18(5)24(31)19(6)27(35-21)22-23-28(20(7)25(32)26(22)33)36-30(34,29(23)37-8)17(4)13-16(3)12-15(2)11-14/h11,14,16-19,21,24,27,31,33-34H,9-10,12-13H2,1-8H3/b15-11+/t14-,16+,17-,18-,19+,21+,24-,27+,30-/m0/s1. The molecule has 0 spiro atoms. The van der Waals surface area contributed by atoms with Crippen LogP contribution in [0.2, 0.25) is 0 Å². The summed E-state index contributed by atoms with van der Waals surface area (Å²) in [7, 11) is 0. The Morgan fingerprint density at radius 1 is 1.08 bits per heavy atom. The van der Waals surface area contributed by atoms with Crippen LogP contribution in [0.1, 0.15) is 74.1 Å². The van der Waals surface area contributed by atoms with Crippen molar-refractivity contribution in [1.82, 2.24) is 0 Å². The molecule has 0 aromatic rings. The fourth-order valence-electron chi connectivity index (χ4n) is 6.85. The number of ketones is 1. The van der Waals surface area contributed by atoms with Crippen molar-refractivity contribution in [2.24, 2.45) is 29.6 Å². The van der Waals surface area contributed by atoms with Gasteiger partial charge in [0.15, 0.2) is 5.76 Å². The minimum atomic E-state index is -1.62. The second kappa shape index (κ2) is 10.6. The van der Waals surface area contributed by atoms with E-state index in [0.29, 0.717) is 33.6 Å². The largest absolute Gasteiger partial charge is 0.504 e. The highest BCUT2D eigenvalue weighted by Gasteiger charge is 2.55. The van der Waals surface area contributed by atoms with Crippen molar-refractivity contribution in [2.45, 2.75) is 98.2 Å². The van der Waals surface area contributed by atoms with E-state index in [1.807, 2.05) is 27.0 Å². The van der Waals surface area contributed by atoms with Crippen LogP contribution in [0, 0.1) is 29.6 Å². The predicted molar refractivity (Wildman–Crippen MR) is 147 cm³/mol. The van der Waals surface area contributed by atoms with E-state index in [1.165, 1.54) is 17.3 Å². The van der Waals surface area contributed by atoms with Crippen LogP contribution < -0.4 is 0 Å². The first kappa shape index (κ1) is 28.5. The van der Waals surface area contributed by atoms with Gasteiger partial charge in [-0.15, -0.1) is 11.8 Å². The van der Waals surface area contributed by atoms with Crippen molar-refractivity contribution in [3.8, 4) is 0 Å². The molecule has 0 radical (unpaired) electrons. The van der Waals surface area contributed by atoms with Gasteiger partial charge in [0.1, 0.15) is 5.76 Å². The summed E-state index contributed by atoms with van der Waals surface area (Å²) in [5.41, 5.74) is 2.50. The third-order valence-electron chi connectivity index (χ3n) is 8.98. The molecule has 3 heterocycles. The molecule has 0 aromatic heterocycles. The third kappa shape index (κ3) is 4.86. The topological polar surface area (TPSA) is 96.2 Å². The van der Waals surface area contributed by atoms with Crippen LogP contribution >= 0.6 is 11.8 Å². The zero-order valence-electron chi connectivity index (χ0n) is 23.5. The molecular weight excluding hydrogens is 488 g/mol. The molecule has 1 aliphatic carbocycles. The molecule has 0 aromatic carbocycles. The van der Waals surface area contributed by atoms with Crippen LogP contribution in [0.4, 0.5) is 0 Å². The Labute approximate surface area is 225 Å². The molecule has 4 bridgehead atoms. The van der Waals surface area contributed by atoms with Gasteiger partial charge in [-0.3, -0.25) is 4.79 Å². The molecule has 1 saturated heterocycles. The maximum Gasteiger partial charge on any atom is 0.244 e. The summed E-state index contributed by atoms with van der Waals surface area (Å²) in [5, 5.41) is 34.6. The number of rotatable bonds is 1. The van der Waals surface area contributed by atoms with E-state index in [4.69, 9.17) is 9.47 Å². The van der Waals surface area contributed by atoms with E-state index < -0.39 is 23.8 Å². The highest BCUT2D eigenvalue weighted by atomic mass is 32.2.